The fourth-order valence-corrected chi connectivity index (χ4v) is 4.60. The van der Waals surface area contributed by atoms with E-state index in [1.165, 1.54) is 6.07 Å². The SMILES string of the molecule is C=CCCCOc1ccc(/C=C/c2ccc(-c3ccc(C4CCC(O)CC4)c(F)c3F)cc2)c(F)c1. The second-order valence-corrected chi connectivity index (χ2v) is 9.25. The maximum Gasteiger partial charge on any atom is 0.166 e. The summed E-state index contributed by atoms with van der Waals surface area (Å²) in [6, 6.07) is 15.1. The molecule has 0 spiro atoms. The minimum Gasteiger partial charge on any atom is -0.493 e. The van der Waals surface area contributed by atoms with Crippen LogP contribution < -0.4 is 4.74 Å². The molecule has 188 valence electrons. The van der Waals surface area contributed by atoms with Crippen LogP contribution in [-0.4, -0.2) is 17.8 Å². The summed E-state index contributed by atoms with van der Waals surface area (Å²) in [4.78, 5) is 0. The predicted molar refractivity (Wildman–Crippen MR) is 139 cm³/mol. The molecule has 5 heteroatoms. The lowest BCUT2D eigenvalue weighted by atomic mass is 9.82. The second-order valence-electron chi connectivity index (χ2n) is 9.25. The van der Waals surface area contributed by atoms with E-state index < -0.39 is 11.6 Å². The monoisotopic (exact) mass is 492 g/mol. The minimum absolute atomic E-state index is 0.0669. The van der Waals surface area contributed by atoms with Gasteiger partial charge < -0.3 is 9.84 Å². The number of benzene rings is 3. The maximum atomic E-state index is 14.9. The Morgan fingerprint density at radius 2 is 1.64 bits per heavy atom. The molecule has 2 nitrogen and oxygen atoms in total. The van der Waals surface area contributed by atoms with Gasteiger partial charge in [-0.3, -0.25) is 0 Å². The van der Waals surface area contributed by atoms with Crippen LogP contribution >= 0.6 is 0 Å². The van der Waals surface area contributed by atoms with Gasteiger partial charge in [-0.15, -0.1) is 6.58 Å². The van der Waals surface area contributed by atoms with E-state index in [4.69, 9.17) is 4.74 Å². The Hall–Kier alpha value is -3.31. The molecular formula is C31H31F3O2. The van der Waals surface area contributed by atoms with Crippen LogP contribution in [0, 0.1) is 17.5 Å². The van der Waals surface area contributed by atoms with Crippen molar-refractivity contribution < 1.29 is 23.0 Å². The highest BCUT2D eigenvalue weighted by Gasteiger charge is 2.25. The molecule has 0 radical (unpaired) electrons. The molecule has 1 fully saturated rings. The number of hydrogen-bond donors (Lipinski definition) is 1. The van der Waals surface area contributed by atoms with Crippen LogP contribution in [0.15, 0.2) is 67.3 Å². The van der Waals surface area contributed by atoms with Gasteiger partial charge in [0.15, 0.2) is 11.6 Å². The van der Waals surface area contributed by atoms with Gasteiger partial charge >= 0.3 is 0 Å². The van der Waals surface area contributed by atoms with Gasteiger partial charge in [0.2, 0.25) is 0 Å². The Kier molecular flexibility index (Phi) is 8.65. The van der Waals surface area contributed by atoms with Crippen molar-refractivity contribution in [1.82, 2.24) is 0 Å². The minimum atomic E-state index is -0.851. The first-order chi connectivity index (χ1) is 17.5. The van der Waals surface area contributed by atoms with Crippen LogP contribution in [0.4, 0.5) is 13.2 Å². The Morgan fingerprint density at radius 3 is 2.33 bits per heavy atom. The van der Waals surface area contributed by atoms with Crippen molar-refractivity contribution in [2.24, 2.45) is 0 Å². The van der Waals surface area contributed by atoms with Crippen LogP contribution in [0.1, 0.15) is 61.1 Å². The molecular weight excluding hydrogens is 461 g/mol. The van der Waals surface area contributed by atoms with E-state index in [0.717, 1.165) is 18.4 Å². The van der Waals surface area contributed by atoms with E-state index in [1.807, 2.05) is 6.08 Å². The van der Waals surface area contributed by atoms with Gasteiger partial charge in [0, 0.05) is 17.2 Å². The molecule has 4 rings (SSSR count). The zero-order valence-electron chi connectivity index (χ0n) is 20.2. The molecule has 0 saturated heterocycles. The van der Waals surface area contributed by atoms with Gasteiger partial charge in [-0.05, 0) is 73.3 Å². The van der Waals surface area contributed by atoms with Crippen molar-refractivity contribution in [2.75, 3.05) is 6.61 Å². The number of allylic oxidation sites excluding steroid dienone is 1. The van der Waals surface area contributed by atoms with Crippen molar-refractivity contribution >= 4 is 12.2 Å². The van der Waals surface area contributed by atoms with Crippen molar-refractivity contribution in [2.45, 2.75) is 50.5 Å². The van der Waals surface area contributed by atoms with Crippen molar-refractivity contribution in [1.29, 1.82) is 0 Å². The molecule has 0 heterocycles. The molecule has 1 aliphatic carbocycles. The summed E-state index contributed by atoms with van der Waals surface area (Å²) in [6.07, 6.45) is 9.13. The average molecular weight is 493 g/mol. The summed E-state index contributed by atoms with van der Waals surface area (Å²) >= 11 is 0. The van der Waals surface area contributed by atoms with Crippen LogP contribution in [0.25, 0.3) is 23.3 Å². The van der Waals surface area contributed by atoms with E-state index >= 15 is 0 Å². The number of rotatable bonds is 9. The molecule has 0 aromatic heterocycles. The van der Waals surface area contributed by atoms with E-state index in [9.17, 15) is 18.3 Å². The Balaban J connectivity index is 1.43. The molecule has 0 unspecified atom stereocenters. The van der Waals surface area contributed by atoms with Gasteiger partial charge in [0.1, 0.15) is 11.6 Å². The van der Waals surface area contributed by atoms with E-state index in [1.54, 1.807) is 60.7 Å². The van der Waals surface area contributed by atoms with Crippen LogP contribution in [0.5, 0.6) is 5.75 Å². The summed E-state index contributed by atoms with van der Waals surface area (Å²) in [5.41, 5.74) is 2.39. The number of hydrogen-bond acceptors (Lipinski definition) is 2. The molecule has 1 saturated carbocycles. The first-order valence-corrected chi connectivity index (χ1v) is 12.4. The maximum absolute atomic E-state index is 14.9. The number of aliphatic hydroxyl groups excluding tert-OH is 1. The molecule has 0 bridgehead atoms. The van der Waals surface area contributed by atoms with Gasteiger partial charge in [-0.1, -0.05) is 54.6 Å². The molecule has 0 aliphatic heterocycles. The summed E-state index contributed by atoms with van der Waals surface area (Å²) in [5.74, 6) is -1.62. The highest BCUT2D eigenvalue weighted by Crippen LogP contribution is 2.37. The zero-order valence-corrected chi connectivity index (χ0v) is 20.2. The molecule has 0 atom stereocenters. The highest BCUT2D eigenvalue weighted by molar-refractivity contribution is 5.73. The fraction of sp³-hybridized carbons (Fsp3) is 0.290. The number of halogens is 3. The van der Waals surface area contributed by atoms with Crippen molar-refractivity contribution in [3.05, 3.63) is 101 Å². The summed E-state index contributed by atoms with van der Waals surface area (Å²) < 4.78 is 49.8. The molecule has 0 amide bonds. The van der Waals surface area contributed by atoms with Crippen molar-refractivity contribution in [3.63, 3.8) is 0 Å². The summed E-state index contributed by atoms with van der Waals surface area (Å²) in [7, 11) is 0. The summed E-state index contributed by atoms with van der Waals surface area (Å²) in [5, 5.41) is 9.69. The van der Waals surface area contributed by atoms with Gasteiger partial charge in [-0.2, -0.15) is 0 Å². The van der Waals surface area contributed by atoms with Gasteiger partial charge in [0.25, 0.3) is 0 Å². The number of unbranched alkanes of at least 4 members (excludes halogenated alkanes) is 1. The standard InChI is InChI=1S/C31H31F3O2/c1-2-3-4-19-36-26-16-13-24(29(32)20-26)10-7-21-5-8-22(9-6-21)27-17-18-28(31(34)30(27)33)23-11-14-25(35)15-12-23/h2,5-10,13,16-18,20,23,25,35H,1,3-4,11-12,14-15,19H2/b10-7+. The average Bonchev–Trinajstić information content (AvgIpc) is 2.89. The van der Waals surface area contributed by atoms with Gasteiger partial charge in [0.05, 0.1) is 12.7 Å². The lowest BCUT2D eigenvalue weighted by Crippen LogP contribution is -2.18. The molecule has 1 N–H and O–H groups in total. The van der Waals surface area contributed by atoms with Gasteiger partial charge in [-0.25, -0.2) is 13.2 Å². The topological polar surface area (TPSA) is 29.5 Å². The third kappa shape index (κ3) is 6.27. The first kappa shape index (κ1) is 25.8. The van der Waals surface area contributed by atoms with E-state index in [2.05, 4.69) is 6.58 Å². The molecule has 36 heavy (non-hydrogen) atoms. The van der Waals surface area contributed by atoms with Crippen LogP contribution in [-0.2, 0) is 0 Å². The molecule has 3 aromatic carbocycles. The predicted octanol–water partition coefficient (Wildman–Crippen LogP) is 8.30. The lowest BCUT2D eigenvalue weighted by Gasteiger charge is -2.26. The highest BCUT2D eigenvalue weighted by atomic mass is 19.2. The first-order valence-electron chi connectivity index (χ1n) is 12.4. The van der Waals surface area contributed by atoms with Crippen molar-refractivity contribution in [3.8, 4) is 16.9 Å². The van der Waals surface area contributed by atoms with Crippen LogP contribution in [0.3, 0.4) is 0 Å². The number of ether oxygens (including phenoxy) is 1. The van der Waals surface area contributed by atoms with Crippen LogP contribution in [0.2, 0.25) is 0 Å². The normalized spacial score (nSPS) is 17.9. The third-order valence-electron chi connectivity index (χ3n) is 6.72. The summed E-state index contributed by atoms with van der Waals surface area (Å²) in [6.45, 7) is 4.17. The number of aliphatic hydroxyl groups is 1. The second kappa shape index (κ2) is 12.1. The Bertz CT molecular complexity index is 1210. The fourth-order valence-electron chi connectivity index (χ4n) is 4.60. The Morgan fingerprint density at radius 1 is 0.889 bits per heavy atom. The zero-order chi connectivity index (χ0) is 25.5. The lowest BCUT2D eigenvalue weighted by molar-refractivity contribution is 0.122. The third-order valence-corrected chi connectivity index (χ3v) is 6.72. The smallest absolute Gasteiger partial charge is 0.166 e. The molecule has 1 aliphatic rings. The largest absolute Gasteiger partial charge is 0.493 e. The van der Waals surface area contributed by atoms with E-state index in [0.29, 0.717) is 54.7 Å². The Labute approximate surface area is 210 Å². The quantitative estimate of drug-likeness (QED) is 0.185. The van der Waals surface area contributed by atoms with E-state index in [-0.39, 0.29) is 23.4 Å². The molecule has 3 aromatic rings.